The first-order valence-corrected chi connectivity index (χ1v) is 7.08. The second-order valence-electron chi connectivity index (χ2n) is 5.90. The summed E-state index contributed by atoms with van der Waals surface area (Å²) in [7, 11) is 0. The van der Waals surface area contributed by atoms with Crippen LogP contribution in [0.1, 0.15) is 30.9 Å². The van der Waals surface area contributed by atoms with E-state index in [1.54, 1.807) is 11.8 Å². The zero-order valence-corrected chi connectivity index (χ0v) is 12.5. The molecule has 1 saturated heterocycles. The standard InChI is InChI=1S/C16H23NO3/c1-12-6-4-7-14(13(12)2)20-10-15(18)17-9-5-8-16(3,19)11-17/h4,6-7,19H,5,8-11H2,1-3H3. The van der Waals surface area contributed by atoms with Crippen molar-refractivity contribution in [1.29, 1.82) is 0 Å². The van der Waals surface area contributed by atoms with Crippen LogP contribution in [0, 0.1) is 13.8 Å². The number of β-amino-alcohol motifs (C(OH)–C–C–N with tert-alkyl or cyclic N) is 1. The van der Waals surface area contributed by atoms with Gasteiger partial charge in [0.05, 0.1) is 5.60 Å². The van der Waals surface area contributed by atoms with Gasteiger partial charge in [0.25, 0.3) is 5.91 Å². The molecule has 1 aromatic carbocycles. The van der Waals surface area contributed by atoms with Crippen LogP contribution in [0.3, 0.4) is 0 Å². The van der Waals surface area contributed by atoms with Crippen LogP contribution in [0.2, 0.25) is 0 Å². The van der Waals surface area contributed by atoms with E-state index in [1.807, 2.05) is 32.0 Å². The number of benzene rings is 1. The predicted octanol–water partition coefficient (Wildman–Crippen LogP) is 2.06. The first kappa shape index (κ1) is 14.9. The van der Waals surface area contributed by atoms with Gasteiger partial charge in [-0.05, 0) is 50.8 Å². The van der Waals surface area contributed by atoms with Crippen molar-refractivity contribution in [3.05, 3.63) is 29.3 Å². The average molecular weight is 277 g/mol. The molecule has 110 valence electrons. The lowest BCUT2D eigenvalue weighted by atomic mass is 9.95. The number of rotatable bonds is 3. The van der Waals surface area contributed by atoms with Gasteiger partial charge in [-0.2, -0.15) is 0 Å². The van der Waals surface area contributed by atoms with Crippen LogP contribution in [0.25, 0.3) is 0 Å². The van der Waals surface area contributed by atoms with Gasteiger partial charge in [-0.25, -0.2) is 0 Å². The molecule has 0 aromatic heterocycles. The number of amides is 1. The summed E-state index contributed by atoms with van der Waals surface area (Å²) in [4.78, 5) is 13.8. The summed E-state index contributed by atoms with van der Waals surface area (Å²) >= 11 is 0. The van der Waals surface area contributed by atoms with Gasteiger partial charge in [0.1, 0.15) is 5.75 Å². The first-order valence-electron chi connectivity index (χ1n) is 7.08. The summed E-state index contributed by atoms with van der Waals surface area (Å²) in [6.07, 6.45) is 1.58. The van der Waals surface area contributed by atoms with Gasteiger partial charge in [0.2, 0.25) is 0 Å². The molecule has 0 saturated carbocycles. The number of aliphatic hydroxyl groups is 1. The van der Waals surface area contributed by atoms with Crippen LogP contribution < -0.4 is 4.74 Å². The van der Waals surface area contributed by atoms with E-state index in [0.29, 0.717) is 13.1 Å². The summed E-state index contributed by atoms with van der Waals surface area (Å²) < 4.78 is 5.63. The molecule has 1 atom stereocenters. The van der Waals surface area contributed by atoms with E-state index in [0.717, 1.165) is 29.7 Å². The van der Waals surface area contributed by atoms with Gasteiger partial charge in [-0.3, -0.25) is 4.79 Å². The normalized spacial score (nSPS) is 22.7. The third-order valence-corrected chi connectivity index (χ3v) is 3.93. The van der Waals surface area contributed by atoms with Crippen LogP contribution in [-0.4, -0.2) is 41.2 Å². The number of hydrogen-bond acceptors (Lipinski definition) is 3. The zero-order valence-electron chi connectivity index (χ0n) is 12.5. The largest absolute Gasteiger partial charge is 0.483 e. The Labute approximate surface area is 120 Å². The lowest BCUT2D eigenvalue weighted by Gasteiger charge is -2.36. The van der Waals surface area contributed by atoms with Gasteiger partial charge >= 0.3 is 0 Å². The molecule has 0 spiro atoms. The van der Waals surface area contributed by atoms with Gasteiger partial charge in [0, 0.05) is 13.1 Å². The Morgan fingerprint density at radius 2 is 2.20 bits per heavy atom. The fraction of sp³-hybridized carbons (Fsp3) is 0.562. The molecule has 20 heavy (non-hydrogen) atoms. The summed E-state index contributed by atoms with van der Waals surface area (Å²) in [6.45, 7) is 6.90. The molecule has 4 nitrogen and oxygen atoms in total. The number of nitrogens with zero attached hydrogens (tertiary/aromatic N) is 1. The fourth-order valence-electron chi connectivity index (χ4n) is 2.54. The van der Waals surface area contributed by atoms with Crippen molar-refractivity contribution in [2.24, 2.45) is 0 Å². The molecule has 1 fully saturated rings. The summed E-state index contributed by atoms with van der Waals surface area (Å²) in [5.41, 5.74) is 1.44. The van der Waals surface area contributed by atoms with E-state index in [2.05, 4.69) is 0 Å². The van der Waals surface area contributed by atoms with Crippen molar-refractivity contribution < 1.29 is 14.6 Å². The van der Waals surface area contributed by atoms with Gasteiger partial charge < -0.3 is 14.7 Å². The van der Waals surface area contributed by atoms with E-state index in [4.69, 9.17) is 4.74 Å². The first-order chi connectivity index (χ1) is 9.39. The Kier molecular flexibility index (Phi) is 4.33. The monoisotopic (exact) mass is 277 g/mol. The van der Waals surface area contributed by atoms with E-state index >= 15 is 0 Å². The van der Waals surface area contributed by atoms with Crippen molar-refractivity contribution in [1.82, 2.24) is 4.90 Å². The minimum atomic E-state index is -0.771. The molecule has 1 N–H and O–H groups in total. The molecule has 1 amide bonds. The molecule has 0 radical (unpaired) electrons. The summed E-state index contributed by atoms with van der Waals surface area (Å²) in [5, 5.41) is 10.0. The Morgan fingerprint density at radius 1 is 1.45 bits per heavy atom. The third kappa shape index (κ3) is 3.51. The molecule has 1 aromatic rings. The molecular weight excluding hydrogens is 254 g/mol. The van der Waals surface area contributed by atoms with Crippen LogP contribution in [0.4, 0.5) is 0 Å². The summed E-state index contributed by atoms with van der Waals surface area (Å²) in [5.74, 6) is 0.688. The van der Waals surface area contributed by atoms with Crippen molar-refractivity contribution >= 4 is 5.91 Å². The lowest BCUT2D eigenvalue weighted by Crippen LogP contribution is -2.49. The molecule has 4 heteroatoms. The quantitative estimate of drug-likeness (QED) is 0.920. The molecular formula is C16H23NO3. The molecule has 0 bridgehead atoms. The minimum Gasteiger partial charge on any atom is -0.483 e. The smallest absolute Gasteiger partial charge is 0.260 e. The topological polar surface area (TPSA) is 49.8 Å². The maximum Gasteiger partial charge on any atom is 0.260 e. The number of likely N-dealkylation sites (tertiary alicyclic amines) is 1. The van der Waals surface area contributed by atoms with E-state index in [9.17, 15) is 9.90 Å². The van der Waals surface area contributed by atoms with E-state index in [1.165, 1.54) is 0 Å². The fourth-order valence-corrected chi connectivity index (χ4v) is 2.54. The van der Waals surface area contributed by atoms with Crippen LogP contribution >= 0.6 is 0 Å². The molecule has 0 aliphatic carbocycles. The van der Waals surface area contributed by atoms with Crippen molar-refractivity contribution in [2.45, 2.75) is 39.2 Å². The number of hydrogen-bond donors (Lipinski definition) is 1. The van der Waals surface area contributed by atoms with Crippen molar-refractivity contribution in [3.63, 3.8) is 0 Å². The van der Waals surface area contributed by atoms with Gasteiger partial charge in [0.15, 0.2) is 6.61 Å². The second kappa shape index (κ2) is 5.83. The van der Waals surface area contributed by atoms with Gasteiger partial charge in [-0.15, -0.1) is 0 Å². The Hall–Kier alpha value is -1.55. The molecule has 1 aliphatic heterocycles. The van der Waals surface area contributed by atoms with E-state index < -0.39 is 5.60 Å². The highest BCUT2D eigenvalue weighted by Gasteiger charge is 2.30. The Bertz CT molecular complexity index is 496. The highest BCUT2D eigenvalue weighted by Crippen LogP contribution is 2.22. The second-order valence-corrected chi connectivity index (χ2v) is 5.90. The Balaban J connectivity index is 1.94. The minimum absolute atomic E-state index is 0.0281. The molecule has 1 unspecified atom stereocenters. The van der Waals surface area contributed by atoms with Crippen molar-refractivity contribution in [2.75, 3.05) is 19.7 Å². The van der Waals surface area contributed by atoms with Crippen LogP contribution in [0.5, 0.6) is 5.75 Å². The van der Waals surface area contributed by atoms with Crippen LogP contribution in [-0.2, 0) is 4.79 Å². The predicted molar refractivity (Wildman–Crippen MR) is 77.8 cm³/mol. The van der Waals surface area contributed by atoms with Crippen molar-refractivity contribution in [3.8, 4) is 5.75 Å². The highest BCUT2D eigenvalue weighted by molar-refractivity contribution is 5.78. The SMILES string of the molecule is Cc1cccc(OCC(=O)N2CCCC(C)(O)C2)c1C. The number of aryl methyl sites for hydroxylation is 1. The number of ether oxygens (including phenoxy) is 1. The molecule has 2 rings (SSSR count). The lowest BCUT2D eigenvalue weighted by molar-refractivity contribution is -0.139. The third-order valence-electron chi connectivity index (χ3n) is 3.93. The Morgan fingerprint density at radius 3 is 2.90 bits per heavy atom. The average Bonchev–Trinajstić information content (AvgIpc) is 2.39. The molecule has 1 heterocycles. The maximum absolute atomic E-state index is 12.1. The highest BCUT2D eigenvalue weighted by atomic mass is 16.5. The van der Waals surface area contributed by atoms with Gasteiger partial charge in [-0.1, -0.05) is 12.1 Å². The number of piperidine rings is 1. The summed E-state index contributed by atoms with van der Waals surface area (Å²) in [6, 6.07) is 5.82. The van der Waals surface area contributed by atoms with E-state index in [-0.39, 0.29) is 12.5 Å². The number of carbonyl (C=O) groups is 1. The number of carbonyl (C=O) groups excluding carboxylic acids is 1. The zero-order chi connectivity index (χ0) is 14.8. The van der Waals surface area contributed by atoms with Crippen LogP contribution in [0.15, 0.2) is 18.2 Å². The maximum atomic E-state index is 12.1. The molecule has 1 aliphatic rings.